The van der Waals surface area contributed by atoms with Gasteiger partial charge in [0.1, 0.15) is 5.75 Å². The molecule has 0 radical (unpaired) electrons. The molecule has 2 aromatic rings. The predicted molar refractivity (Wildman–Crippen MR) is 89.0 cm³/mol. The Morgan fingerprint density at radius 3 is 2.14 bits per heavy atom. The molecule has 0 aliphatic rings. The number of benzene rings is 2. The van der Waals surface area contributed by atoms with Crippen LogP contribution in [0.5, 0.6) is 5.75 Å². The quantitative estimate of drug-likeness (QED) is 0.841. The van der Waals surface area contributed by atoms with E-state index in [0.717, 1.165) is 12.3 Å². The van der Waals surface area contributed by atoms with Crippen molar-refractivity contribution in [3.8, 4) is 5.75 Å². The van der Waals surface area contributed by atoms with Crippen LogP contribution in [0.25, 0.3) is 0 Å². The molecule has 1 unspecified atom stereocenters. The molecular formula is C19H25NO. The van der Waals surface area contributed by atoms with Crippen LogP contribution in [0.4, 0.5) is 0 Å². The molecule has 1 atom stereocenters. The lowest BCUT2D eigenvalue weighted by molar-refractivity contribution is 0.404. The molecule has 0 aliphatic heterocycles. The Morgan fingerprint density at radius 1 is 0.952 bits per heavy atom. The van der Waals surface area contributed by atoms with Gasteiger partial charge in [-0.25, -0.2) is 0 Å². The molecule has 0 bridgehead atoms. The highest BCUT2D eigenvalue weighted by Gasteiger charge is 2.17. The molecule has 2 rings (SSSR count). The zero-order valence-corrected chi connectivity index (χ0v) is 13.4. The van der Waals surface area contributed by atoms with E-state index in [1.165, 1.54) is 16.7 Å². The van der Waals surface area contributed by atoms with Gasteiger partial charge in [-0.15, -0.1) is 0 Å². The van der Waals surface area contributed by atoms with Crippen LogP contribution >= 0.6 is 0 Å². The number of rotatable bonds is 6. The lowest BCUT2D eigenvalue weighted by atomic mass is 9.94. The van der Waals surface area contributed by atoms with Crippen molar-refractivity contribution in [1.29, 1.82) is 0 Å². The van der Waals surface area contributed by atoms with E-state index in [0.29, 0.717) is 5.92 Å². The van der Waals surface area contributed by atoms with E-state index in [2.05, 4.69) is 62.5 Å². The average molecular weight is 283 g/mol. The summed E-state index contributed by atoms with van der Waals surface area (Å²) in [5, 5.41) is 3.56. The molecule has 0 saturated carbocycles. The van der Waals surface area contributed by atoms with E-state index in [1.807, 2.05) is 12.1 Å². The minimum Gasteiger partial charge on any atom is -0.496 e. The first-order chi connectivity index (χ1) is 10.2. The van der Waals surface area contributed by atoms with Gasteiger partial charge in [0, 0.05) is 5.56 Å². The topological polar surface area (TPSA) is 21.3 Å². The molecule has 0 aliphatic carbocycles. The Labute approximate surface area is 128 Å². The van der Waals surface area contributed by atoms with Crippen molar-refractivity contribution in [2.75, 3.05) is 13.7 Å². The third kappa shape index (κ3) is 3.64. The molecule has 2 heteroatoms. The van der Waals surface area contributed by atoms with Crippen molar-refractivity contribution < 1.29 is 4.74 Å². The summed E-state index contributed by atoms with van der Waals surface area (Å²) < 4.78 is 5.52. The summed E-state index contributed by atoms with van der Waals surface area (Å²) in [5.41, 5.74) is 3.82. The molecule has 21 heavy (non-hydrogen) atoms. The Hall–Kier alpha value is -1.80. The van der Waals surface area contributed by atoms with E-state index in [9.17, 15) is 0 Å². The van der Waals surface area contributed by atoms with Gasteiger partial charge in [0.05, 0.1) is 13.2 Å². The van der Waals surface area contributed by atoms with Crippen LogP contribution in [0.3, 0.4) is 0 Å². The van der Waals surface area contributed by atoms with Gasteiger partial charge in [-0.1, -0.05) is 63.2 Å². The van der Waals surface area contributed by atoms with Crippen molar-refractivity contribution in [2.45, 2.75) is 32.7 Å². The summed E-state index contributed by atoms with van der Waals surface area (Å²) in [6.45, 7) is 7.48. The molecule has 0 aromatic heterocycles. The van der Waals surface area contributed by atoms with Crippen molar-refractivity contribution in [3.63, 3.8) is 0 Å². The number of hydrogen-bond donors (Lipinski definition) is 1. The number of para-hydroxylation sites is 1. The highest BCUT2D eigenvalue weighted by atomic mass is 16.5. The molecule has 1 N–H and O–H groups in total. The molecule has 0 saturated heterocycles. The zero-order chi connectivity index (χ0) is 15.2. The normalized spacial score (nSPS) is 12.4. The maximum Gasteiger partial charge on any atom is 0.123 e. The third-order valence-corrected chi connectivity index (χ3v) is 3.79. The smallest absolute Gasteiger partial charge is 0.123 e. The summed E-state index contributed by atoms with van der Waals surface area (Å²) in [6, 6.07) is 17.2. The van der Waals surface area contributed by atoms with Crippen molar-refractivity contribution in [1.82, 2.24) is 5.32 Å². The highest BCUT2D eigenvalue weighted by molar-refractivity contribution is 5.42. The van der Waals surface area contributed by atoms with E-state index in [-0.39, 0.29) is 6.04 Å². The molecular weight excluding hydrogens is 258 g/mol. The van der Waals surface area contributed by atoms with E-state index in [1.54, 1.807) is 7.11 Å². The number of nitrogens with one attached hydrogen (secondary N) is 1. The number of hydrogen-bond acceptors (Lipinski definition) is 2. The van der Waals surface area contributed by atoms with Crippen LogP contribution in [-0.4, -0.2) is 13.7 Å². The number of ether oxygens (including phenoxy) is 1. The summed E-state index contributed by atoms with van der Waals surface area (Å²) in [5.74, 6) is 1.49. The second kappa shape index (κ2) is 7.28. The standard InChI is InChI=1S/C19H25NO/c1-5-20-19(17-8-6-7-9-18(17)21-4)16-12-10-15(11-13-16)14(2)3/h6-14,19-20H,5H2,1-4H3. The second-order valence-electron chi connectivity index (χ2n) is 5.55. The summed E-state index contributed by atoms with van der Waals surface area (Å²) in [7, 11) is 1.73. The molecule has 0 spiro atoms. The lowest BCUT2D eigenvalue weighted by Crippen LogP contribution is -2.22. The maximum atomic E-state index is 5.52. The van der Waals surface area contributed by atoms with E-state index in [4.69, 9.17) is 4.74 Å². The van der Waals surface area contributed by atoms with Gasteiger partial charge in [0.25, 0.3) is 0 Å². The Bertz CT molecular complexity index is 560. The first kappa shape index (κ1) is 15.6. The van der Waals surface area contributed by atoms with Gasteiger partial charge in [-0.05, 0) is 29.7 Å². The van der Waals surface area contributed by atoms with Gasteiger partial charge in [-0.3, -0.25) is 0 Å². The molecule has 0 heterocycles. The van der Waals surface area contributed by atoms with Crippen LogP contribution in [0, 0.1) is 0 Å². The third-order valence-electron chi connectivity index (χ3n) is 3.79. The fraction of sp³-hybridized carbons (Fsp3) is 0.368. The van der Waals surface area contributed by atoms with Gasteiger partial charge in [0.15, 0.2) is 0 Å². The summed E-state index contributed by atoms with van der Waals surface area (Å²) >= 11 is 0. The van der Waals surface area contributed by atoms with Gasteiger partial charge in [0.2, 0.25) is 0 Å². The minimum absolute atomic E-state index is 0.160. The van der Waals surface area contributed by atoms with Gasteiger partial charge >= 0.3 is 0 Å². The van der Waals surface area contributed by atoms with Crippen LogP contribution < -0.4 is 10.1 Å². The van der Waals surface area contributed by atoms with Crippen LogP contribution in [0.2, 0.25) is 0 Å². The van der Waals surface area contributed by atoms with Gasteiger partial charge < -0.3 is 10.1 Å². The van der Waals surface area contributed by atoms with E-state index >= 15 is 0 Å². The lowest BCUT2D eigenvalue weighted by Gasteiger charge is -2.21. The van der Waals surface area contributed by atoms with Crippen molar-refractivity contribution >= 4 is 0 Å². The SMILES string of the molecule is CCNC(c1ccc(C(C)C)cc1)c1ccccc1OC. The molecule has 112 valence electrons. The van der Waals surface area contributed by atoms with E-state index < -0.39 is 0 Å². The Morgan fingerprint density at radius 2 is 1.57 bits per heavy atom. The largest absolute Gasteiger partial charge is 0.496 e. The number of methoxy groups -OCH3 is 1. The molecule has 2 nitrogen and oxygen atoms in total. The van der Waals surface area contributed by atoms with Crippen molar-refractivity contribution in [2.24, 2.45) is 0 Å². The fourth-order valence-corrected chi connectivity index (χ4v) is 2.59. The first-order valence-electron chi connectivity index (χ1n) is 7.63. The minimum atomic E-state index is 0.160. The van der Waals surface area contributed by atoms with Crippen LogP contribution in [-0.2, 0) is 0 Å². The summed E-state index contributed by atoms with van der Waals surface area (Å²) in [4.78, 5) is 0. The molecule has 0 amide bonds. The average Bonchev–Trinajstić information content (AvgIpc) is 2.52. The monoisotopic (exact) mass is 283 g/mol. The predicted octanol–water partition coefficient (Wildman–Crippen LogP) is 4.52. The zero-order valence-electron chi connectivity index (χ0n) is 13.4. The molecule has 2 aromatic carbocycles. The second-order valence-corrected chi connectivity index (χ2v) is 5.55. The van der Waals surface area contributed by atoms with Gasteiger partial charge in [-0.2, -0.15) is 0 Å². The van der Waals surface area contributed by atoms with Crippen LogP contribution in [0.15, 0.2) is 48.5 Å². The van der Waals surface area contributed by atoms with Crippen molar-refractivity contribution in [3.05, 3.63) is 65.2 Å². The molecule has 0 fully saturated rings. The highest BCUT2D eigenvalue weighted by Crippen LogP contribution is 2.30. The summed E-state index contributed by atoms with van der Waals surface area (Å²) in [6.07, 6.45) is 0. The van der Waals surface area contributed by atoms with Crippen LogP contribution in [0.1, 0.15) is 49.4 Å². The fourth-order valence-electron chi connectivity index (χ4n) is 2.59. The Balaban J connectivity index is 2.38. The first-order valence-corrected chi connectivity index (χ1v) is 7.63. The Kier molecular flexibility index (Phi) is 5.40. The maximum absolute atomic E-state index is 5.52.